The third-order valence-electron chi connectivity index (χ3n) is 4.94. The molecule has 1 aromatic carbocycles. The summed E-state index contributed by atoms with van der Waals surface area (Å²) in [6.45, 7) is 15.2. The predicted molar refractivity (Wildman–Crippen MR) is 90.3 cm³/mol. The van der Waals surface area contributed by atoms with Crippen molar-refractivity contribution < 1.29 is 4.39 Å². The zero-order valence-electron chi connectivity index (χ0n) is 14.6. The molecule has 0 radical (unpaired) electrons. The first-order chi connectivity index (χ1) is 10.2. The van der Waals surface area contributed by atoms with Crippen molar-refractivity contribution in [1.29, 1.82) is 0 Å². The summed E-state index contributed by atoms with van der Waals surface area (Å²) in [5.74, 6) is -0.111. The summed E-state index contributed by atoms with van der Waals surface area (Å²) in [5.41, 5.74) is 8.73. The van der Waals surface area contributed by atoms with E-state index < -0.39 is 0 Å². The Morgan fingerprint density at radius 3 is 2.27 bits per heavy atom. The molecule has 1 heterocycles. The van der Waals surface area contributed by atoms with Gasteiger partial charge in [0.05, 0.1) is 0 Å². The van der Waals surface area contributed by atoms with Gasteiger partial charge in [-0.1, -0.05) is 0 Å². The van der Waals surface area contributed by atoms with Crippen LogP contribution in [0.4, 0.5) is 4.39 Å². The Bertz CT molecular complexity index is 514. The van der Waals surface area contributed by atoms with Gasteiger partial charge in [-0.3, -0.25) is 9.80 Å². The molecule has 22 heavy (non-hydrogen) atoms. The first kappa shape index (κ1) is 17.4. The molecule has 1 aliphatic rings. The number of nitrogens with two attached hydrogens (primary N) is 1. The zero-order chi connectivity index (χ0) is 16.5. The minimum atomic E-state index is -0.111. The van der Waals surface area contributed by atoms with Gasteiger partial charge >= 0.3 is 0 Å². The molecule has 1 saturated heterocycles. The van der Waals surface area contributed by atoms with Gasteiger partial charge in [0.25, 0.3) is 0 Å². The van der Waals surface area contributed by atoms with E-state index in [1.807, 2.05) is 13.0 Å². The first-order valence-electron chi connectivity index (χ1n) is 8.22. The lowest BCUT2D eigenvalue weighted by Gasteiger charge is -2.44. The van der Waals surface area contributed by atoms with Crippen molar-refractivity contribution >= 4 is 0 Å². The summed E-state index contributed by atoms with van der Waals surface area (Å²) in [7, 11) is 0. The number of aryl methyl sites for hydroxylation is 1. The lowest BCUT2D eigenvalue weighted by molar-refractivity contribution is 0.0446. The van der Waals surface area contributed by atoms with E-state index in [4.69, 9.17) is 5.73 Å². The number of halogens is 1. The molecule has 4 heteroatoms. The number of nitrogens with zero attached hydrogens (tertiary/aromatic N) is 2. The van der Waals surface area contributed by atoms with Crippen LogP contribution >= 0.6 is 0 Å². The maximum Gasteiger partial charge on any atom is 0.128 e. The lowest BCUT2D eigenvalue weighted by atomic mass is 9.98. The van der Waals surface area contributed by atoms with E-state index in [1.165, 1.54) is 0 Å². The van der Waals surface area contributed by atoms with Crippen LogP contribution in [0.1, 0.15) is 50.4 Å². The molecule has 0 bridgehead atoms. The van der Waals surface area contributed by atoms with Crippen molar-refractivity contribution in [3.63, 3.8) is 0 Å². The average molecular weight is 307 g/mol. The van der Waals surface area contributed by atoms with E-state index in [0.717, 1.165) is 42.9 Å². The van der Waals surface area contributed by atoms with Gasteiger partial charge in [0.1, 0.15) is 5.82 Å². The smallest absolute Gasteiger partial charge is 0.128 e. The molecule has 0 saturated carbocycles. The standard InChI is InChI=1S/C18H30FN3/c1-13-10-17(19)16(11-15(13)12-20)14(2)21-6-8-22(9-7-21)18(3,4)5/h10-11,14H,6-9,12,20H2,1-5H3. The minimum absolute atomic E-state index is 0.0908. The van der Waals surface area contributed by atoms with Gasteiger partial charge in [-0.05, 0) is 57.9 Å². The molecule has 2 rings (SSSR count). The Kier molecular flexibility index (Phi) is 5.25. The number of rotatable bonds is 3. The van der Waals surface area contributed by atoms with Crippen molar-refractivity contribution in [2.45, 2.75) is 52.7 Å². The number of benzene rings is 1. The molecule has 1 unspecified atom stereocenters. The van der Waals surface area contributed by atoms with Crippen LogP contribution in [0.25, 0.3) is 0 Å². The molecule has 1 aromatic rings. The van der Waals surface area contributed by atoms with E-state index >= 15 is 0 Å². The van der Waals surface area contributed by atoms with Crippen molar-refractivity contribution in [1.82, 2.24) is 9.80 Å². The number of piperazine rings is 1. The monoisotopic (exact) mass is 307 g/mol. The van der Waals surface area contributed by atoms with Gasteiger partial charge < -0.3 is 5.73 Å². The summed E-state index contributed by atoms with van der Waals surface area (Å²) in [4.78, 5) is 4.86. The molecular weight excluding hydrogens is 277 g/mol. The molecule has 1 aliphatic heterocycles. The zero-order valence-corrected chi connectivity index (χ0v) is 14.6. The molecular formula is C18H30FN3. The van der Waals surface area contributed by atoms with Crippen molar-refractivity contribution in [2.75, 3.05) is 26.2 Å². The van der Waals surface area contributed by atoms with Gasteiger partial charge in [0, 0.05) is 49.9 Å². The fraction of sp³-hybridized carbons (Fsp3) is 0.667. The Balaban J connectivity index is 2.12. The van der Waals surface area contributed by atoms with Crippen LogP contribution in [0.15, 0.2) is 12.1 Å². The van der Waals surface area contributed by atoms with Gasteiger partial charge in [-0.2, -0.15) is 0 Å². The van der Waals surface area contributed by atoms with Gasteiger partial charge in [-0.25, -0.2) is 4.39 Å². The fourth-order valence-corrected chi connectivity index (χ4v) is 3.25. The average Bonchev–Trinajstić information content (AvgIpc) is 2.46. The quantitative estimate of drug-likeness (QED) is 0.931. The molecule has 124 valence electrons. The topological polar surface area (TPSA) is 32.5 Å². The van der Waals surface area contributed by atoms with Crippen LogP contribution < -0.4 is 5.73 Å². The third kappa shape index (κ3) is 3.67. The second kappa shape index (κ2) is 6.65. The molecule has 3 nitrogen and oxygen atoms in total. The minimum Gasteiger partial charge on any atom is -0.326 e. The SMILES string of the molecule is Cc1cc(F)c(C(C)N2CCN(C(C)(C)C)CC2)cc1CN. The van der Waals surface area contributed by atoms with Crippen molar-refractivity contribution in [3.8, 4) is 0 Å². The van der Waals surface area contributed by atoms with Crippen LogP contribution in [0.2, 0.25) is 0 Å². The number of hydrogen-bond donors (Lipinski definition) is 1. The highest BCUT2D eigenvalue weighted by molar-refractivity contribution is 5.34. The van der Waals surface area contributed by atoms with Crippen molar-refractivity contribution in [3.05, 3.63) is 34.6 Å². The Morgan fingerprint density at radius 1 is 1.18 bits per heavy atom. The molecule has 2 N–H and O–H groups in total. The maximum absolute atomic E-state index is 14.4. The van der Waals surface area contributed by atoms with Crippen LogP contribution in [0.5, 0.6) is 0 Å². The number of hydrogen-bond acceptors (Lipinski definition) is 3. The fourth-order valence-electron chi connectivity index (χ4n) is 3.25. The van der Waals surface area contributed by atoms with E-state index in [-0.39, 0.29) is 17.4 Å². The van der Waals surface area contributed by atoms with Crippen molar-refractivity contribution in [2.24, 2.45) is 5.73 Å². The molecule has 0 aromatic heterocycles. The second-order valence-electron chi connectivity index (χ2n) is 7.37. The van der Waals surface area contributed by atoms with Gasteiger partial charge in [0.2, 0.25) is 0 Å². The maximum atomic E-state index is 14.4. The highest BCUT2D eigenvalue weighted by Gasteiger charge is 2.29. The van der Waals surface area contributed by atoms with E-state index in [0.29, 0.717) is 6.54 Å². The highest BCUT2D eigenvalue weighted by Crippen LogP contribution is 2.28. The van der Waals surface area contributed by atoms with Gasteiger partial charge in [0.15, 0.2) is 0 Å². The summed E-state index contributed by atoms with van der Waals surface area (Å²) < 4.78 is 14.4. The Labute approximate surface area is 134 Å². The van der Waals surface area contributed by atoms with Crippen LogP contribution in [0.3, 0.4) is 0 Å². The van der Waals surface area contributed by atoms with Gasteiger partial charge in [-0.15, -0.1) is 0 Å². The predicted octanol–water partition coefficient (Wildman–Crippen LogP) is 3.07. The Hall–Kier alpha value is -0.970. The molecule has 1 fully saturated rings. The molecule has 0 spiro atoms. The highest BCUT2D eigenvalue weighted by atomic mass is 19.1. The lowest BCUT2D eigenvalue weighted by Crippen LogP contribution is -2.53. The summed E-state index contributed by atoms with van der Waals surface area (Å²) >= 11 is 0. The van der Waals surface area contributed by atoms with E-state index in [2.05, 4.69) is 37.5 Å². The van der Waals surface area contributed by atoms with E-state index in [9.17, 15) is 4.39 Å². The third-order valence-corrected chi connectivity index (χ3v) is 4.94. The van der Waals surface area contributed by atoms with Crippen LogP contribution in [0, 0.1) is 12.7 Å². The summed E-state index contributed by atoms with van der Waals surface area (Å²) in [6.07, 6.45) is 0. The van der Waals surface area contributed by atoms with E-state index in [1.54, 1.807) is 6.07 Å². The first-order valence-corrected chi connectivity index (χ1v) is 8.22. The Morgan fingerprint density at radius 2 is 1.77 bits per heavy atom. The van der Waals surface area contributed by atoms with Crippen LogP contribution in [-0.2, 0) is 6.54 Å². The second-order valence-corrected chi connectivity index (χ2v) is 7.37. The molecule has 0 aliphatic carbocycles. The molecule has 1 atom stereocenters. The normalized spacial score (nSPS) is 19.4. The largest absolute Gasteiger partial charge is 0.326 e. The summed E-state index contributed by atoms with van der Waals surface area (Å²) in [6, 6.07) is 3.67. The van der Waals surface area contributed by atoms with Crippen LogP contribution in [-0.4, -0.2) is 41.5 Å². The summed E-state index contributed by atoms with van der Waals surface area (Å²) in [5, 5.41) is 0. The molecule has 0 amide bonds.